The molecule has 0 amide bonds. The van der Waals surface area contributed by atoms with Crippen LogP contribution in [0.4, 0.5) is 0 Å². The van der Waals surface area contributed by atoms with Crippen molar-refractivity contribution in [3.8, 4) is 0 Å². The number of allylic oxidation sites excluding steroid dienone is 5. The van der Waals surface area contributed by atoms with Gasteiger partial charge in [-0.05, 0) is 28.6 Å². The van der Waals surface area contributed by atoms with Crippen molar-refractivity contribution >= 4 is 11.8 Å². The number of rotatable bonds is 1. The van der Waals surface area contributed by atoms with E-state index < -0.39 is 5.97 Å². The first kappa shape index (κ1) is 19.4. The van der Waals surface area contributed by atoms with Crippen LogP contribution in [0.25, 0.3) is 0 Å². The number of hydrogen-bond donors (Lipinski definition) is 1. The minimum absolute atomic E-state index is 0.0162. The number of carboxylic acid groups (broad SMARTS) is 1. The Morgan fingerprint density at radius 1 is 0.952 bits per heavy atom. The molecule has 0 aromatic heterocycles. The SMILES string of the molecule is CC.CC(C)(C)C1=CC(=CC(=O)O)C=C(C(C)(C)C)C1=O. The summed E-state index contributed by atoms with van der Waals surface area (Å²) in [5, 5.41) is 8.89. The van der Waals surface area contributed by atoms with Crippen LogP contribution in [0.2, 0.25) is 0 Å². The molecule has 1 aliphatic rings. The maximum absolute atomic E-state index is 12.5. The zero-order valence-corrected chi connectivity index (χ0v) is 14.5. The first-order chi connectivity index (χ1) is 9.43. The summed E-state index contributed by atoms with van der Waals surface area (Å²) < 4.78 is 0. The topological polar surface area (TPSA) is 54.4 Å². The lowest BCUT2D eigenvalue weighted by atomic mass is 9.72. The summed E-state index contributed by atoms with van der Waals surface area (Å²) >= 11 is 0. The molecule has 0 aliphatic heterocycles. The third kappa shape index (κ3) is 5.33. The molecule has 0 unspecified atom stereocenters. The van der Waals surface area contributed by atoms with E-state index in [9.17, 15) is 9.59 Å². The summed E-state index contributed by atoms with van der Waals surface area (Å²) in [6, 6.07) is 0. The smallest absolute Gasteiger partial charge is 0.328 e. The van der Waals surface area contributed by atoms with Gasteiger partial charge in [0.05, 0.1) is 0 Å². The van der Waals surface area contributed by atoms with Crippen molar-refractivity contribution in [3.63, 3.8) is 0 Å². The summed E-state index contributed by atoms with van der Waals surface area (Å²) in [6.07, 6.45) is 4.52. The van der Waals surface area contributed by atoms with Crippen LogP contribution in [0.15, 0.2) is 34.9 Å². The highest BCUT2D eigenvalue weighted by atomic mass is 16.4. The Labute approximate surface area is 128 Å². The van der Waals surface area contributed by atoms with Crippen LogP contribution in [-0.4, -0.2) is 16.9 Å². The first-order valence-corrected chi connectivity index (χ1v) is 7.36. The maximum atomic E-state index is 12.5. The second kappa shape index (κ2) is 6.88. The fraction of sp³-hybridized carbons (Fsp3) is 0.556. The van der Waals surface area contributed by atoms with Gasteiger partial charge in [-0.25, -0.2) is 4.79 Å². The van der Waals surface area contributed by atoms with Crippen LogP contribution >= 0.6 is 0 Å². The van der Waals surface area contributed by atoms with Gasteiger partial charge in [-0.3, -0.25) is 4.79 Å². The number of hydrogen-bond acceptors (Lipinski definition) is 2. The predicted octanol–water partition coefficient (Wildman–Crippen LogP) is 4.55. The average molecular weight is 292 g/mol. The van der Waals surface area contributed by atoms with Crippen LogP contribution in [0.1, 0.15) is 55.4 Å². The van der Waals surface area contributed by atoms with Crippen LogP contribution in [0.5, 0.6) is 0 Å². The summed E-state index contributed by atoms with van der Waals surface area (Å²) in [7, 11) is 0. The predicted molar refractivity (Wildman–Crippen MR) is 87.1 cm³/mol. The molecule has 0 spiro atoms. The highest BCUT2D eigenvalue weighted by molar-refractivity contribution is 6.12. The van der Waals surface area contributed by atoms with Crippen molar-refractivity contribution in [2.75, 3.05) is 0 Å². The van der Waals surface area contributed by atoms with Crippen molar-refractivity contribution in [2.45, 2.75) is 55.4 Å². The number of Topliss-reactive ketones (excluding diaryl/α,β-unsaturated/α-hetero) is 1. The van der Waals surface area contributed by atoms with Gasteiger partial charge in [-0.15, -0.1) is 0 Å². The van der Waals surface area contributed by atoms with Gasteiger partial charge in [0.25, 0.3) is 0 Å². The number of carbonyl (C=O) groups excluding carboxylic acids is 1. The van der Waals surface area contributed by atoms with Gasteiger partial charge in [-0.1, -0.05) is 55.4 Å². The monoisotopic (exact) mass is 292 g/mol. The van der Waals surface area contributed by atoms with Crippen molar-refractivity contribution in [2.24, 2.45) is 10.8 Å². The Bertz CT molecular complexity index is 468. The molecule has 0 saturated carbocycles. The van der Waals surface area contributed by atoms with Gasteiger partial charge in [0, 0.05) is 17.2 Å². The Morgan fingerprint density at radius 2 is 1.29 bits per heavy atom. The molecule has 0 heterocycles. The van der Waals surface area contributed by atoms with Crippen LogP contribution in [0.3, 0.4) is 0 Å². The molecule has 0 aromatic rings. The highest BCUT2D eigenvalue weighted by Crippen LogP contribution is 2.38. The van der Waals surface area contributed by atoms with E-state index in [1.165, 1.54) is 0 Å². The molecular weight excluding hydrogens is 264 g/mol. The molecule has 0 bridgehead atoms. The van der Waals surface area contributed by atoms with Crippen LogP contribution < -0.4 is 0 Å². The zero-order chi connectivity index (χ0) is 17.0. The maximum Gasteiger partial charge on any atom is 0.328 e. The van der Waals surface area contributed by atoms with E-state index in [2.05, 4.69) is 0 Å². The molecular formula is C18H28O3. The molecule has 0 atom stereocenters. The molecule has 3 heteroatoms. The van der Waals surface area contributed by atoms with E-state index in [0.29, 0.717) is 16.7 Å². The Balaban J connectivity index is 0.00000191. The minimum Gasteiger partial charge on any atom is -0.478 e. The highest BCUT2D eigenvalue weighted by Gasteiger charge is 2.33. The molecule has 0 aromatic carbocycles. The van der Waals surface area contributed by atoms with E-state index in [1.807, 2.05) is 55.4 Å². The fourth-order valence-electron chi connectivity index (χ4n) is 1.99. The normalized spacial score (nSPS) is 15.6. The largest absolute Gasteiger partial charge is 0.478 e. The van der Waals surface area contributed by atoms with Gasteiger partial charge in [0.2, 0.25) is 0 Å². The van der Waals surface area contributed by atoms with Crippen molar-refractivity contribution < 1.29 is 14.7 Å². The lowest BCUT2D eigenvalue weighted by Crippen LogP contribution is -2.28. The summed E-state index contributed by atoms with van der Waals surface area (Å²) in [5.74, 6) is -0.985. The second-order valence-corrected chi connectivity index (χ2v) is 6.93. The summed E-state index contributed by atoms with van der Waals surface area (Å²) in [5.41, 5.74) is 1.28. The molecule has 0 fully saturated rings. The second-order valence-electron chi connectivity index (χ2n) is 6.93. The van der Waals surface area contributed by atoms with E-state index in [0.717, 1.165) is 6.08 Å². The average Bonchev–Trinajstić information content (AvgIpc) is 2.30. The molecule has 0 saturated heterocycles. The standard InChI is InChI=1S/C16H22O3.C2H6/c1-15(2,3)11-7-10(9-13(17)18)8-12(14(11)19)16(4,5)6;1-2/h7-9H,1-6H3,(H,17,18);1-2H3. The van der Waals surface area contributed by atoms with Crippen molar-refractivity contribution in [3.05, 3.63) is 34.9 Å². The van der Waals surface area contributed by atoms with Gasteiger partial charge in [0.1, 0.15) is 0 Å². The number of carboxylic acids is 1. The summed E-state index contributed by atoms with van der Waals surface area (Å²) in [6.45, 7) is 15.8. The van der Waals surface area contributed by atoms with E-state index in [4.69, 9.17) is 5.11 Å². The molecule has 1 aliphatic carbocycles. The zero-order valence-electron chi connectivity index (χ0n) is 14.5. The quantitative estimate of drug-likeness (QED) is 0.721. The van der Waals surface area contributed by atoms with Crippen LogP contribution in [-0.2, 0) is 9.59 Å². The lowest BCUT2D eigenvalue weighted by Gasteiger charge is -2.31. The van der Waals surface area contributed by atoms with Crippen molar-refractivity contribution in [1.82, 2.24) is 0 Å². The van der Waals surface area contributed by atoms with E-state index in [1.54, 1.807) is 12.2 Å². The molecule has 0 radical (unpaired) electrons. The van der Waals surface area contributed by atoms with Gasteiger partial charge in [0.15, 0.2) is 5.78 Å². The van der Waals surface area contributed by atoms with Gasteiger partial charge >= 0.3 is 5.97 Å². The molecule has 21 heavy (non-hydrogen) atoms. The van der Waals surface area contributed by atoms with E-state index in [-0.39, 0.29) is 16.6 Å². The Kier molecular flexibility index (Phi) is 6.34. The number of ketones is 1. The Hall–Kier alpha value is -1.64. The lowest BCUT2D eigenvalue weighted by molar-refractivity contribution is -0.131. The number of carbonyl (C=O) groups is 2. The minimum atomic E-state index is -1.00. The molecule has 3 nitrogen and oxygen atoms in total. The molecule has 118 valence electrons. The van der Waals surface area contributed by atoms with E-state index >= 15 is 0 Å². The van der Waals surface area contributed by atoms with Crippen LogP contribution in [0, 0.1) is 10.8 Å². The molecule has 1 N–H and O–H groups in total. The van der Waals surface area contributed by atoms with Gasteiger partial charge in [-0.2, -0.15) is 0 Å². The Morgan fingerprint density at radius 3 is 1.52 bits per heavy atom. The number of aliphatic carboxylic acids is 1. The molecule has 1 rings (SSSR count). The van der Waals surface area contributed by atoms with Gasteiger partial charge < -0.3 is 5.11 Å². The summed E-state index contributed by atoms with van der Waals surface area (Å²) in [4.78, 5) is 23.4. The third-order valence-electron chi connectivity index (χ3n) is 3.02. The van der Waals surface area contributed by atoms with Crippen molar-refractivity contribution in [1.29, 1.82) is 0 Å². The fourth-order valence-corrected chi connectivity index (χ4v) is 1.99. The third-order valence-corrected chi connectivity index (χ3v) is 3.02. The first-order valence-electron chi connectivity index (χ1n) is 7.36.